The zero-order chi connectivity index (χ0) is 19.4. The second-order valence-corrected chi connectivity index (χ2v) is 6.92. The number of aromatic carboxylic acids is 1. The minimum Gasteiger partial charge on any atom is -0.492 e. The van der Waals surface area contributed by atoms with Crippen molar-refractivity contribution in [3.63, 3.8) is 0 Å². The molecule has 0 spiro atoms. The van der Waals surface area contributed by atoms with Gasteiger partial charge in [-0.25, -0.2) is 4.79 Å². The monoisotopic (exact) mass is 383 g/mol. The quantitative estimate of drug-likeness (QED) is 0.764. The summed E-state index contributed by atoms with van der Waals surface area (Å²) in [7, 11) is 0. The van der Waals surface area contributed by atoms with Gasteiger partial charge in [0, 0.05) is 0 Å². The molecule has 0 saturated carbocycles. The average molecular weight is 383 g/mol. The van der Waals surface area contributed by atoms with Crippen molar-refractivity contribution in [3.05, 3.63) is 70.1 Å². The third-order valence-electron chi connectivity index (χ3n) is 3.88. The van der Waals surface area contributed by atoms with Gasteiger partial charge in [-0.2, -0.15) is 0 Å². The van der Waals surface area contributed by atoms with Crippen molar-refractivity contribution in [3.8, 4) is 5.75 Å². The highest BCUT2D eigenvalue weighted by Crippen LogP contribution is 2.32. The summed E-state index contributed by atoms with van der Waals surface area (Å²) in [4.78, 5) is 37.1. The Morgan fingerprint density at radius 3 is 2.70 bits per heavy atom. The molecule has 1 N–H and O–H groups in total. The Morgan fingerprint density at radius 2 is 1.96 bits per heavy atom. The van der Waals surface area contributed by atoms with E-state index in [2.05, 4.69) is 0 Å². The van der Waals surface area contributed by atoms with E-state index in [0.717, 1.165) is 22.2 Å². The summed E-state index contributed by atoms with van der Waals surface area (Å²) < 4.78 is 5.60. The van der Waals surface area contributed by atoms with Gasteiger partial charge in [0.2, 0.25) is 0 Å². The van der Waals surface area contributed by atoms with Gasteiger partial charge in [0.15, 0.2) is 0 Å². The lowest BCUT2D eigenvalue weighted by Gasteiger charge is -2.13. The Hall–Kier alpha value is -3.06. The number of carbonyl (C=O) groups excluding carboxylic acids is 2. The summed E-state index contributed by atoms with van der Waals surface area (Å²) in [5.41, 5.74) is 1.73. The van der Waals surface area contributed by atoms with E-state index in [1.54, 1.807) is 12.1 Å². The number of benzene rings is 2. The second-order valence-electron chi connectivity index (χ2n) is 5.93. The highest BCUT2D eigenvalue weighted by molar-refractivity contribution is 8.18. The maximum absolute atomic E-state index is 12.5. The fourth-order valence-corrected chi connectivity index (χ4v) is 3.43. The predicted octanol–water partition coefficient (Wildman–Crippen LogP) is 3.81. The van der Waals surface area contributed by atoms with E-state index in [0.29, 0.717) is 11.3 Å². The highest BCUT2D eigenvalue weighted by atomic mass is 32.2. The molecule has 2 aromatic rings. The first kappa shape index (κ1) is 18.7. The Kier molecular flexibility index (Phi) is 5.61. The largest absolute Gasteiger partial charge is 0.492 e. The zero-order valence-electron chi connectivity index (χ0n) is 14.5. The van der Waals surface area contributed by atoms with E-state index in [9.17, 15) is 14.4 Å². The molecule has 1 aliphatic rings. The Bertz CT molecular complexity index is 937. The third kappa shape index (κ3) is 4.57. The first-order valence-electron chi connectivity index (χ1n) is 8.22. The molecule has 1 fully saturated rings. The van der Waals surface area contributed by atoms with Crippen molar-refractivity contribution < 1.29 is 24.2 Å². The summed E-state index contributed by atoms with van der Waals surface area (Å²) in [5.74, 6) is -0.770. The Labute approximate surface area is 160 Å². The number of carboxylic acid groups (broad SMARTS) is 1. The van der Waals surface area contributed by atoms with Crippen LogP contribution in [0.4, 0.5) is 4.79 Å². The lowest BCUT2D eigenvalue weighted by molar-refractivity contribution is -0.123. The topological polar surface area (TPSA) is 83.9 Å². The first-order valence-corrected chi connectivity index (χ1v) is 9.04. The number of ether oxygens (including phenoxy) is 1. The van der Waals surface area contributed by atoms with E-state index in [4.69, 9.17) is 9.84 Å². The van der Waals surface area contributed by atoms with Gasteiger partial charge in [-0.05, 0) is 60.2 Å². The molecule has 1 heterocycles. The molecule has 0 radical (unpaired) electrons. The molecule has 3 rings (SSSR count). The van der Waals surface area contributed by atoms with Crippen molar-refractivity contribution in [2.75, 3.05) is 13.2 Å². The van der Waals surface area contributed by atoms with Gasteiger partial charge in [0.25, 0.3) is 11.1 Å². The smallest absolute Gasteiger partial charge is 0.335 e. The highest BCUT2D eigenvalue weighted by Gasteiger charge is 2.34. The number of thioether (sulfide) groups is 1. The van der Waals surface area contributed by atoms with Gasteiger partial charge in [-0.3, -0.25) is 14.5 Å². The van der Waals surface area contributed by atoms with Crippen LogP contribution in [0.5, 0.6) is 5.75 Å². The van der Waals surface area contributed by atoms with Crippen molar-refractivity contribution in [2.45, 2.75) is 6.92 Å². The summed E-state index contributed by atoms with van der Waals surface area (Å²) in [5, 5.41) is 8.68. The number of carbonyl (C=O) groups is 3. The molecule has 1 saturated heterocycles. The molecule has 138 valence electrons. The fourth-order valence-electron chi connectivity index (χ4n) is 2.57. The molecule has 0 aromatic heterocycles. The van der Waals surface area contributed by atoms with E-state index in [-0.39, 0.29) is 28.9 Å². The lowest BCUT2D eigenvalue weighted by Crippen LogP contribution is -2.32. The molecular weight excluding hydrogens is 366 g/mol. The molecule has 2 aromatic carbocycles. The number of carboxylic acids is 1. The van der Waals surface area contributed by atoms with Gasteiger partial charge in [-0.1, -0.05) is 24.3 Å². The minimum atomic E-state index is -1.05. The first-order chi connectivity index (χ1) is 12.9. The molecule has 6 nitrogen and oxygen atoms in total. The van der Waals surface area contributed by atoms with Gasteiger partial charge >= 0.3 is 5.97 Å². The van der Waals surface area contributed by atoms with Crippen LogP contribution < -0.4 is 4.74 Å². The number of imide groups is 1. The van der Waals surface area contributed by atoms with Crippen LogP contribution in [-0.2, 0) is 4.79 Å². The van der Waals surface area contributed by atoms with Crippen LogP contribution in [-0.4, -0.2) is 40.3 Å². The van der Waals surface area contributed by atoms with Crippen LogP contribution in [0.1, 0.15) is 21.5 Å². The van der Waals surface area contributed by atoms with Crippen LogP contribution >= 0.6 is 11.8 Å². The molecule has 27 heavy (non-hydrogen) atoms. The van der Waals surface area contributed by atoms with E-state index in [1.165, 1.54) is 18.2 Å². The summed E-state index contributed by atoms with van der Waals surface area (Å²) in [6.07, 6.45) is 1.53. The van der Waals surface area contributed by atoms with Gasteiger partial charge < -0.3 is 9.84 Å². The molecule has 0 bridgehead atoms. The normalized spacial score (nSPS) is 15.4. The van der Waals surface area contributed by atoms with Crippen LogP contribution in [0.15, 0.2) is 53.4 Å². The maximum atomic E-state index is 12.5. The number of aryl methyl sites for hydroxylation is 1. The summed E-state index contributed by atoms with van der Waals surface area (Å²) in [6, 6.07) is 13.7. The molecule has 0 aliphatic carbocycles. The number of amides is 2. The van der Waals surface area contributed by atoms with Crippen molar-refractivity contribution in [1.82, 2.24) is 4.90 Å². The van der Waals surface area contributed by atoms with Crippen LogP contribution in [0, 0.1) is 6.92 Å². The fraction of sp³-hybridized carbons (Fsp3) is 0.150. The van der Waals surface area contributed by atoms with E-state index >= 15 is 0 Å². The average Bonchev–Trinajstić information content (AvgIpc) is 2.89. The van der Waals surface area contributed by atoms with Crippen molar-refractivity contribution in [2.24, 2.45) is 0 Å². The second kappa shape index (κ2) is 8.09. The molecule has 0 unspecified atom stereocenters. The molecule has 7 heteroatoms. The molecule has 2 amide bonds. The number of nitrogens with zero attached hydrogens (tertiary/aromatic N) is 1. The van der Waals surface area contributed by atoms with Gasteiger partial charge in [0.05, 0.1) is 17.0 Å². The molecular formula is C20H17NO5S. The van der Waals surface area contributed by atoms with Crippen molar-refractivity contribution in [1.29, 1.82) is 0 Å². The standard InChI is InChI=1S/C20H17NO5S/c1-13-4-2-7-16(10-13)26-9-8-21-18(22)17(27-20(21)25)12-14-5-3-6-15(11-14)19(23)24/h2-7,10-12H,8-9H2,1H3,(H,23,24)/b17-12-. The Balaban J connectivity index is 1.66. The zero-order valence-corrected chi connectivity index (χ0v) is 15.4. The number of rotatable bonds is 6. The lowest BCUT2D eigenvalue weighted by atomic mass is 10.1. The van der Waals surface area contributed by atoms with Crippen LogP contribution in [0.3, 0.4) is 0 Å². The number of hydrogen-bond acceptors (Lipinski definition) is 5. The SMILES string of the molecule is Cc1cccc(OCCN2C(=O)S/C(=C\c3cccc(C(=O)O)c3)C2=O)c1. The van der Waals surface area contributed by atoms with Crippen LogP contribution in [0.2, 0.25) is 0 Å². The Morgan fingerprint density at radius 1 is 1.19 bits per heavy atom. The van der Waals surface area contributed by atoms with Crippen LogP contribution in [0.25, 0.3) is 6.08 Å². The van der Waals surface area contributed by atoms with Gasteiger partial charge in [0.1, 0.15) is 12.4 Å². The van der Waals surface area contributed by atoms with Crippen molar-refractivity contribution >= 4 is 35.0 Å². The third-order valence-corrected chi connectivity index (χ3v) is 4.79. The predicted molar refractivity (Wildman–Crippen MR) is 103 cm³/mol. The van der Waals surface area contributed by atoms with Gasteiger partial charge in [-0.15, -0.1) is 0 Å². The summed E-state index contributed by atoms with van der Waals surface area (Å²) in [6.45, 7) is 2.29. The molecule has 0 atom stereocenters. The van der Waals surface area contributed by atoms with E-state index < -0.39 is 11.9 Å². The summed E-state index contributed by atoms with van der Waals surface area (Å²) >= 11 is 0.835. The number of hydrogen-bond donors (Lipinski definition) is 1. The molecule has 1 aliphatic heterocycles. The maximum Gasteiger partial charge on any atom is 0.335 e. The minimum absolute atomic E-state index is 0.120. The van der Waals surface area contributed by atoms with E-state index in [1.807, 2.05) is 31.2 Å².